The molecule has 0 spiro atoms. The van der Waals surface area contributed by atoms with E-state index in [0.29, 0.717) is 25.4 Å². The largest absolute Gasteiger partial charge is 0.383 e. The van der Waals surface area contributed by atoms with E-state index in [9.17, 15) is 9.18 Å². The number of carbonyl (C=O) groups is 1. The first-order chi connectivity index (χ1) is 15.0. The maximum Gasteiger partial charge on any atom is 0.237 e. The fourth-order valence-corrected chi connectivity index (χ4v) is 4.06. The van der Waals surface area contributed by atoms with Gasteiger partial charge in [0.25, 0.3) is 0 Å². The Morgan fingerprint density at radius 1 is 1.29 bits per heavy atom. The van der Waals surface area contributed by atoms with Crippen molar-refractivity contribution >= 4 is 23.3 Å². The van der Waals surface area contributed by atoms with Crippen LogP contribution in [0.15, 0.2) is 24.3 Å². The Bertz CT molecular complexity index is 883. The van der Waals surface area contributed by atoms with Crippen LogP contribution in [0.25, 0.3) is 5.69 Å². The number of aromatic nitrogens is 2. The van der Waals surface area contributed by atoms with Crippen LogP contribution in [-0.4, -0.2) is 84.4 Å². The number of hydrogen-bond donors (Lipinski definition) is 0. The third-order valence-electron chi connectivity index (χ3n) is 5.71. The first-order valence-electron chi connectivity index (χ1n) is 10.6. The molecule has 0 bridgehead atoms. The highest BCUT2D eigenvalue weighted by molar-refractivity contribution is 6.27. The van der Waals surface area contributed by atoms with Gasteiger partial charge in [-0.3, -0.25) is 4.79 Å². The molecule has 0 saturated carbocycles. The summed E-state index contributed by atoms with van der Waals surface area (Å²) in [7, 11) is 1.61. The second-order valence-corrected chi connectivity index (χ2v) is 7.91. The number of methoxy groups -OCH3 is 1. The number of halogens is 2. The first-order valence-corrected chi connectivity index (χ1v) is 11.2. The summed E-state index contributed by atoms with van der Waals surface area (Å²) in [4.78, 5) is 18.8. The van der Waals surface area contributed by atoms with E-state index in [1.165, 1.54) is 12.1 Å². The Kier molecular flexibility index (Phi) is 8.28. The highest BCUT2D eigenvalue weighted by Crippen LogP contribution is 2.30. The Balaban J connectivity index is 2.02. The quantitative estimate of drug-likeness (QED) is 0.549. The summed E-state index contributed by atoms with van der Waals surface area (Å²) in [6, 6.07) is 6.43. The summed E-state index contributed by atoms with van der Waals surface area (Å²) in [5.74, 6) is 0.348. The molecule has 0 aliphatic carbocycles. The molecule has 0 unspecified atom stereocenters. The third kappa shape index (κ3) is 5.56. The van der Waals surface area contributed by atoms with Crippen molar-refractivity contribution < 1.29 is 13.9 Å². The number of rotatable bonds is 9. The van der Waals surface area contributed by atoms with Gasteiger partial charge in [0.15, 0.2) is 0 Å². The zero-order valence-electron chi connectivity index (χ0n) is 18.5. The maximum atomic E-state index is 14.0. The summed E-state index contributed by atoms with van der Waals surface area (Å²) in [6.45, 7) is 9.89. The molecule has 1 fully saturated rings. The third-order valence-corrected chi connectivity index (χ3v) is 5.94. The molecular weight excluding hydrogens is 421 g/mol. The molecule has 0 atom stereocenters. The van der Waals surface area contributed by atoms with Crippen molar-refractivity contribution in [1.29, 1.82) is 0 Å². The molecule has 1 saturated heterocycles. The Labute approximate surface area is 188 Å². The van der Waals surface area contributed by atoms with Crippen LogP contribution in [0, 0.1) is 12.7 Å². The van der Waals surface area contributed by atoms with E-state index in [4.69, 9.17) is 21.4 Å². The molecule has 1 aromatic heterocycles. The number of likely N-dealkylation sites (N-methyl/N-ethyl adjacent to an activating group) is 1. The smallest absolute Gasteiger partial charge is 0.237 e. The van der Waals surface area contributed by atoms with E-state index in [2.05, 4.69) is 16.7 Å². The number of amides is 1. The normalized spacial score (nSPS) is 14.8. The number of aryl methyl sites for hydroxylation is 1. The first kappa shape index (κ1) is 23.5. The molecule has 1 aliphatic rings. The van der Waals surface area contributed by atoms with Gasteiger partial charge in [0.2, 0.25) is 5.91 Å². The van der Waals surface area contributed by atoms with Crippen molar-refractivity contribution in [2.45, 2.75) is 20.4 Å². The molecule has 1 amide bonds. The summed E-state index contributed by atoms with van der Waals surface area (Å²) in [6.07, 6.45) is 0. The van der Waals surface area contributed by atoms with Gasteiger partial charge in [0.05, 0.1) is 24.5 Å². The van der Waals surface area contributed by atoms with Gasteiger partial charge in [-0.1, -0.05) is 13.0 Å². The number of nitrogens with zero attached hydrogens (tertiary/aromatic N) is 5. The average Bonchev–Trinajstić information content (AvgIpc) is 3.12. The molecule has 9 heteroatoms. The predicted octanol–water partition coefficient (Wildman–Crippen LogP) is 2.68. The van der Waals surface area contributed by atoms with Crippen LogP contribution in [-0.2, 0) is 16.1 Å². The van der Waals surface area contributed by atoms with Gasteiger partial charge >= 0.3 is 0 Å². The number of benzene rings is 1. The molecular formula is C22H31ClFN5O2. The second kappa shape index (κ2) is 10.9. The standard InChI is InChI=1S/C22H31ClFN5O2/c1-4-26-8-10-27(11-9-26)22-20(16-28(12-13-31-3)21(30)15-23)17(2)25-29(22)19-7-5-6-18(24)14-19/h5-7,14H,4,8-13,15-16H2,1-3H3. The molecule has 3 rings (SSSR count). The number of piperazine rings is 1. The summed E-state index contributed by atoms with van der Waals surface area (Å²) in [5.41, 5.74) is 2.42. The molecule has 0 N–H and O–H groups in total. The number of alkyl halides is 1. The van der Waals surface area contributed by atoms with Crippen molar-refractivity contribution in [3.63, 3.8) is 0 Å². The van der Waals surface area contributed by atoms with Crippen LogP contribution in [0.4, 0.5) is 10.2 Å². The van der Waals surface area contributed by atoms with Crippen molar-refractivity contribution in [1.82, 2.24) is 19.6 Å². The number of anilines is 1. The van der Waals surface area contributed by atoms with Gasteiger partial charge in [-0.05, 0) is 31.7 Å². The molecule has 2 heterocycles. The van der Waals surface area contributed by atoms with E-state index in [1.54, 1.807) is 22.8 Å². The maximum absolute atomic E-state index is 14.0. The summed E-state index contributed by atoms with van der Waals surface area (Å²) in [5, 5.41) is 4.75. The van der Waals surface area contributed by atoms with Crippen LogP contribution in [0.1, 0.15) is 18.2 Å². The molecule has 31 heavy (non-hydrogen) atoms. The minimum Gasteiger partial charge on any atom is -0.383 e. The summed E-state index contributed by atoms with van der Waals surface area (Å²) >= 11 is 5.86. The lowest BCUT2D eigenvalue weighted by Crippen LogP contribution is -2.47. The van der Waals surface area contributed by atoms with E-state index >= 15 is 0 Å². The monoisotopic (exact) mass is 451 g/mol. The highest BCUT2D eigenvalue weighted by Gasteiger charge is 2.27. The van der Waals surface area contributed by atoms with Gasteiger partial charge in [0, 0.05) is 45.4 Å². The molecule has 2 aromatic rings. The van der Waals surface area contributed by atoms with Crippen LogP contribution in [0.3, 0.4) is 0 Å². The predicted molar refractivity (Wildman–Crippen MR) is 121 cm³/mol. The van der Waals surface area contributed by atoms with E-state index in [0.717, 1.165) is 49.8 Å². The van der Waals surface area contributed by atoms with Crippen molar-refractivity contribution in [3.8, 4) is 5.69 Å². The molecule has 1 aliphatic heterocycles. The fourth-order valence-electron chi connectivity index (χ4n) is 3.89. The summed E-state index contributed by atoms with van der Waals surface area (Å²) < 4.78 is 21.0. The lowest BCUT2D eigenvalue weighted by atomic mass is 10.2. The molecule has 7 nitrogen and oxygen atoms in total. The van der Waals surface area contributed by atoms with Crippen molar-refractivity contribution in [3.05, 3.63) is 41.3 Å². The zero-order chi connectivity index (χ0) is 22.4. The van der Waals surface area contributed by atoms with Crippen LogP contribution < -0.4 is 4.90 Å². The molecule has 0 radical (unpaired) electrons. The van der Waals surface area contributed by atoms with Gasteiger partial charge in [-0.25, -0.2) is 9.07 Å². The van der Waals surface area contributed by atoms with Crippen molar-refractivity contribution in [2.24, 2.45) is 0 Å². The van der Waals surface area contributed by atoms with E-state index in [1.807, 2.05) is 13.0 Å². The van der Waals surface area contributed by atoms with Gasteiger partial charge in [-0.15, -0.1) is 11.6 Å². The van der Waals surface area contributed by atoms with Gasteiger partial charge in [-0.2, -0.15) is 5.10 Å². The minimum atomic E-state index is -0.312. The van der Waals surface area contributed by atoms with E-state index in [-0.39, 0.29) is 17.6 Å². The second-order valence-electron chi connectivity index (χ2n) is 7.64. The molecule has 1 aromatic carbocycles. The van der Waals surface area contributed by atoms with E-state index < -0.39 is 0 Å². The number of ether oxygens (including phenoxy) is 1. The fraction of sp³-hybridized carbons (Fsp3) is 0.545. The number of carbonyl (C=O) groups excluding carboxylic acids is 1. The average molecular weight is 452 g/mol. The lowest BCUT2D eigenvalue weighted by Gasteiger charge is -2.36. The number of hydrogen-bond acceptors (Lipinski definition) is 5. The van der Waals surface area contributed by atoms with Crippen molar-refractivity contribution in [2.75, 3.05) is 63.8 Å². The molecule has 170 valence electrons. The Morgan fingerprint density at radius 2 is 2.03 bits per heavy atom. The Morgan fingerprint density at radius 3 is 2.65 bits per heavy atom. The SMILES string of the molecule is CCN1CCN(c2c(CN(CCOC)C(=O)CCl)c(C)nn2-c2cccc(F)c2)CC1. The van der Waals surface area contributed by atoms with Gasteiger partial charge < -0.3 is 19.4 Å². The zero-order valence-corrected chi connectivity index (χ0v) is 19.2. The van der Waals surface area contributed by atoms with Crippen LogP contribution in [0.5, 0.6) is 0 Å². The van der Waals surface area contributed by atoms with Crippen LogP contribution in [0.2, 0.25) is 0 Å². The Hall–Kier alpha value is -2.16. The van der Waals surface area contributed by atoms with Gasteiger partial charge in [0.1, 0.15) is 17.5 Å². The van der Waals surface area contributed by atoms with Crippen LogP contribution >= 0.6 is 11.6 Å². The topological polar surface area (TPSA) is 53.8 Å². The minimum absolute atomic E-state index is 0.0920. The lowest BCUT2D eigenvalue weighted by molar-refractivity contribution is -0.129. The highest BCUT2D eigenvalue weighted by atomic mass is 35.5.